The van der Waals surface area contributed by atoms with Gasteiger partial charge in [-0.3, -0.25) is 9.36 Å². The fourth-order valence-electron chi connectivity index (χ4n) is 2.45. The largest absolute Gasteiger partial charge is 0.381 e. The van der Waals surface area contributed by atoms with Gasteiger partial charge in [0, 0.05) is 36.9 Å². The zero-order valence-electron chi connectivity index (χ0n) is 11.8. The lowest BCUT2D eigenvalue weighted by molar-refractivity contribution is 0.173. The van der Waals surface area contributed by atoms with Crippen LogP contribution < -0.4 is 10.9 Å². The Balaban J connectivity index is 2.07. The molecule has 2 heterocycles. The molecule has 2 rings (SSSR count). The Bertz CT molecular complexity index is 452. The first-order chi connectivity index (χ1) is 9.20. The highest BCUT2D eigenvalue weighted by Gasteiger charge is 2.25. The summed E-state index contributed by atoms with van der Waals surface area (Å²) in [7, 11) is 0. The third-order valence-electron chi connectivity index (χ3n) is 3.60. The average molecular weight is 265 g/mol. The van der Waals surface area contributed by atoms with E-state index >= 15 is 0 Å². The molecular weight excluding hydrogens is 242 g/mol. The van der Waals surface area contributed by atoms with Crippen LogP contribution in [0, 0.1) is 12.8 Å². The van der Waals surface area contributed by atoms with Gasteiger partial charge in [-0.15, -0.1) is 0 Å². The minimum atomic E-state index is 0.0229. The molecule has 1 aromatic rings. The highest BCUT2D eigenvalue weighted by atomic mass is 16.5. The monoisotopic (exact) mass is 265 g/mol. The molecule has 5 heteroatoms. The average Bonchev–Trinajstić information content (AvgIpc) is 2.90. The zero-order valence-corrected chi connectivity index (χ0v) is 11.8. The summed E-state index contributed by atoms with van der Waals surface area (Å²) in [4.78, 5) is 16.1. The van der Waals surface area contributed by atoms with Crippen LogP contribution in [0.25, 0.3) is 0 Å². The number of aryl methyl sites for hydroxylation is 1. The van der Waals surface area contributed by atoms with Gasteiger partial charge in [-0.2, -0.15) is 0 Å². The zero-order chi connectivity index (χ0) is 13.7. The van der Waals surface area contributed by atoms with Crippen molar-refractivity contribution in [2.75, 3.05) is 19.8 Å². The van der Waals surface area contributed by atoms with Crippen molar-refractivity contribution in [3.63, 3.8) is 0 Å². The van der Waals surface area contributed by atoms with Crippen molar-refractivity contribution in [3.05, 3.63) is 28.4 Å². The normalized spacial score (nSPS) is 20.6. The van der Waals surface area contributed by atoms with Gasteiger partial charge in [0.25, 0.3) is 5.56 Å². The molecule has 1 N–H and O–H groups in total. The van der Waals surface area contributed by atoms with Gasteiger partial charge in [0.15, 0.2) is 0 Å². The van der Waals surface area contributed by atoms with E-state index in [1.54, 1.807) is 17.0 Å². The van der Waals surface area contributed by atoms with E-state index in [1.165, 1.54) is 0 Å². The lowest BCUT2D eigenvalue weighted by Gasteiger charge is -2.24. The van der Waals surface area contributed by atoms with E-state index in [0.29, 0.717) is 12.5 Å². The van der Waals surface area contributed by atoms with Crippen LogP contribution in [0.1, 0.15) is 25.5 Å². The minimum absolute atomic E-state index is 0.0229. The van der Waals surface area contributed by atoms with Crippen molar-refractivity contribution in [1.82, 2.24) is 14.9 Å². The fourth-order valence-corrected chi connectivity index (χ4v) is 2.45. The Morgan fingerprint density at radius 1 is 1.63 bits per heavy atom. The van der Waals surface area contributed by atoms with E-state index in [1.807, 2.05) is 6.92 Å². The van der Waals surface area contributed by atoms with Gasteiger partial charge in [0.1, 0.15) is 0 Å². The second kappa shape index (κ2) is 6.82. The second-order valence-electron chi connectivity index (χ2n) is 5.21. The van der Waals surface area contributed by atoms with Crippen molar-refractivity contribution in [2.45, 2.75) is 39.3 Å². The molecule has 0 amide bonds. The van der Waals surface area contributed by atoms with Crippen molar-refractivity contribution in [3.8, 4) is 0 Å². The van der Waals surface area contributed by atoms with Crippen LogP contribution in [-0.4, -0.2) is 35.4 Å². The van der Waals surface area contributed by atoms with Crippen LogP contribution in [-0.2, 0) is 11.3 Å². The molecule has 0 aliphatic carbocycles. The van der Waals surface area contributed by atoms with E-state index in [-0.39, 0.29) is 11.6 Å². The van der Waals surface area contributed by atoms with Crippen LogP contribution in [0.5, 0.6) is 0 Å². The van der Waals surface area contributed by atoms with Crippen LogP contribution in [0.3, 0.4) is 0 Å². The molecule has 19 heavy (non-hydrogen) atoms. The van der Waals surface area contributed by atoms with Crippen LogP contribution >= 0.6 is 0 Å². The number of hydrogen-bond acceptors (Lipinski definition) is 4. The van der Waals surface area contributed by atoms with Crippen molar-refractivity contribution in [2.24, 2.45) is 5.92 Å². The molecule has 0 saturated carbocycles. The van der Waals surface area contributed by atoms with Gasteiger partial charge < -0.3 is 10.1 Å². The SMILES string of the molecule is CCCNC(Cn1cnc(C)cc1=O)C1CCOC1. The molecule has 1 aromatic heterocycles. The summed E-state index contributed by atoms with van der Waals surface area (Å²) in [6.45, 7) is 7.24. The smallest absolute Gasteiger partial charge is 0.253 e. The van der Waals surface area contributed by atoms with Crippen molar-refractivity contribution < 1.29 is 4.74 Å². The maximum Gasteiger partial charge on any atom is 0.253 e. The lowest BCUT2D eigenvalue weighted by Crippen LogP contribution is -2.42. The number of nitrogens with zero attached hydrogens (tertiary/aromatic N) is 2. The maximum absolute atomic E-state index is 11.9. The summed E-state index contributed by atoms with van der Waals surface area (Å²) in [6.07, 6.45) is 3.80. The number of rotatable bonds is 6. The highest BCUT2D eigenvalue weighted by Crippen LogP contribution is 2.17. The number of nitrogens with one attached hydrogen (secondary N) is 1. The summed E-state index contributed by atoms with van der Waals surface area (Å²) in [5, 5.41) is 3.53. The molecule has 2 atom stereocenters. The topological polar surface area (TPSA) is 56.2 Å². The molecule has 1 aliphatic rings. The molecule has 0 spiro atoms. The lowest BCUT2D eigenvalue weighted by atomic mass is 9.98. The summed E-state index contributed by atoms with van der Waals surface area (Å²) in [6, 6.07) is 1.87. The minimum Gasteiger partial charge on any atom is -0.381 e. The molecule has 0 radical (unpaired) electrons. The molecule has 1 saturated heterocycles. The Labute approximate surface area is 114 Å². The van der Waals surface area contributed by atoms with E-state index < -0.39 is 0 Å². The summed E-state index contributed by atoms with van der Waals surface area (Å²) in [5.74, 6) is 0.486. The Hall–Kier alpha value is -1.20. The number of aromatic nitrogens is 2. The predicted molar refractivity (Wildman–Crippen MR) is 74.2 cm³/mol. The summed E-state index contributed by atoms with van der Waals surface area (Å²) in [5.41, 5.74) is 0.790. The Morgan fingerprint density at radius 2 is 2.47 bits per heavy atom. The molecule has 0 bridgehead atoms. The Morgan fingerprint density at radius 3 is 3.11 bits per heavy atom. The van der Waals surface area contributed by atoms with E-state index in [4.69, 9.17) is 4.74 Å². The van der Waals surface area contributed by atoms with Crippen molar-refractivity contribution >= 4 is 0 Å². The maximum atomic E-state index is 11.9. The summed E-state index contributed by atoms with van der Waals surface area (Å²) < 4.78 is 7.16. The fraction of sp³-hybridized carbons (Fsp3) is 0.714. The first-order valence-electron chi connectivity index (χ1n) is 7.05. The van der Waals surface area contributed by atoms with E-state index in [2.05, 4.69) is 17.2 Å². The van der Waals surface area contributed by atoms with Gasteiger partial charge >= 0.3 is 0 Å². The third-order valence-corrected chi connectivity index (χ3v) is 3.60. The molecule has 5 nitrogen and oxygen atoms in total. The van der Waals surface area contributed by atoms with Crippen LogP contribution in [0.2, 0.25) is 0 Å². The first-order valence-corrected chi connectivity index (χ1v) is 7.05. The molecule has 1 aliphatic heterocycles. The molecule has 106 valence electrons. The highest BCUT2D eigenvalue weighted by molar-refractivity contribution is 4.96. The predicted octanol–water partition coefficient (Wildman–Crippen LogP) is 0.956. The Kier molecular flexibility index (Phi) is 5.10. The second-order valence-corrected chi connectivity index (χ2v) is 5.21. The first kappa shape index (κ1) is 14.2. The van der Waals surface area contributed by atoms with Crippen LogP contribution in [0.4, 0.5) is 0 Å². The molecule has 0 aromatic carbocycles. The molecule has 2 unspecified atom stereocenters. The number of hydrogen-bond donors (Lipinski definition) is 1. The van der Waals surface area contributed by atoms with Gasteiger partial charge in [-0.1, -0.05) is 6.92 Å². The van der Waals surface area contributed by atoms with Gasteiger partial charge in [-0.05, 0) is 26.3 Å². The summed E-state index contributed by atoms with van der Waals surface area (Å²) >= 11 is 0. The van der Waals surface area contributed by atoms with E-state index in [0.717, 1.165) is 38.3 Å². The van der Waals surface area contributed by atoms with Gasteiger partial charge in [-0.25, -0.2) is 4.98 Å². The molecular formula is C14H23N3O2. The van der Waals surface area contributed by atoms with Crippen molar-refractivity contribution in [1.29, 1.82) is 0 Å². The quantitative estimate of drug-likeness (QED) is 0.832. The van der Waals surface area contributed by atoms with E-state index in [9.17, 15) is 4.79 Å². The van der Waals surface area contributed by atoms with Gasteiger partial charge in [0.2, 0.25) is 0 Å². The molecule has 1 fully saturated rings. The van der Waals surface area contributed by atoms with Crippen LogP contribution in [0.15, 0.2) is 17.2 Å². The third kappa shape index (κ3) is 3.88. The standard InChI is InChI=1S/C14H23N3O2/c1-3-5-15-13(12-4-6-19-9-12)8-17-10-16-11(2)7-14(17)18/h7,10,12-13,15H,3-6,8-9H2,1-2H3. The van der Waals surface area contributed by atoms with Gasteiger partial charge in [0.05, 0.1) is 12.9 Å². The number of ether oxygens (including phenoxy) is 1.